The Balaban J connectivity index is 1.69. The third kappa shape index (κ3) is 3.12. The summed E-state index contributed by atoms with van der Waals surface area (Å²) in [5, 5.41) is 10.4. The molecule has 1 aromatic rings. The number of nitro groups is 1. The maximum Gasteiger partial charge on any atom is 0.356 e. The van der Waals surface area contributed by atoms with Gasteiger partial charge in [-0.05, 0) is 17.7 Å². The molecule has 1 amide bonds. The fourth-order valence-electron chi connectivity index (χ4n) is 2.53. The van der Waals surface area contributed by atoms with Gasteiger partial charge in [0.1, 0.15) is 29.9 Å². The van der Waals surface area contributed by atoms with E-state index in [9.17, 15) is 24.5 Å². The van der Waals surface area contributed by atoms with E-state index in [0.717, 1.165) is 0 Å². The summed E-state index contributed by atoms with van der Waals surface area (Å²) >= 11 is 7.38. The Morgan fingerprint density at radius 3 is 2.72 bits per heavy atom. The SMILES string of the molecule is O=C[C@@H]1C(=O)N2C(C(=O)OCc3ccc([N+](=O)[O-])cc3)=C(Cl)CS[C@H]12. The smallest absolute Gasteiger partial charge is 0.356 e. The molecule has 0 aromatic heterocycles. The predicted octanol–water partition coefficient (Wildman–Crippen LogP) is 1.82. The predicted molar refractivity (Wildman–Crippen MR) is 88.4 cm³/mol. The summed E-state index contributed by atoms with van der Waals surface area (Å²) in [4.78, 5) is 46.5. The number of benzene rings is 1. The van der Waals surface area contributed by atoms with Gasteiger partial charge in [-0.25, -0.2) is 4.79 Å². The van der Waals surface area contributed by atoms with Gasteiger partial charge >= 0.3 is 5.97 Å². The summed E-state index contributed by atoms with van der Waals surface area (Å²) in [6.45, 7) is -0.124. The number of ether oxygens (including phenoxy) is 1. The number of halogens is 1. The molecular weight excluding hydrogens is 372 g/mol. The van der Waals surface area contributed by atoms with E-state index in [0.29, 0.717) is 17.6 Å². The molecule has 1 aromatic carbocycles. The van der Waals surface area contributed by atoms with Crippen LogP contribution in [0.2, 0.25) is 0 Å². The first-order valence-electron chi connectivity index (χ1n) is 7.13. The summed E-state index contributed by atoms with van der Waals surface area (Å²) in [5.74, 6) is -1.71. The molecule has 0 bridgehead atoms. The van der Waals surface area contributed by atoms with Crippen LogP contribution >= 0.6 is 23.4 Å². The molecule has 2 aliphatic rings. The number of esters is 1. The third-order valence-electron chi connectivity index (χ3n) is 3.82. The number of aldehydes is 1. The molecule has 0 aliphatic carbocycles. The molecule has 8 nitrogen and oxygen atoms in total. The molecule has 2 aliphatic heterocycles. The molecule has 10 heteroatoms. The first-order valence-corrected chi connectivity index (χ1v) is 8.55. The van der Waals surface area contributed by atoms with E-state index in [2.05, 4.69) is 0 Å². The zero-order chi connectivity index (χ0) is 18.1. The molecule has 1 saturated heterocycles. The van der Waals surface area contributed by atoms with Crippen molar-refractivity contribution in [3.63, 3.8) is 0 Å². The van der Waals surface area contributed by atoms with Crippen molar-refractivity contribution in [2.24, 2.45) is 5.92 Å². The second-order valence-corrected chi connectivity index (χ2v) is 6.89. The van der Waals surface area contributed by atoms with Gasteiger partial charge in [0.25, 0.3) is 5.69 Å². The molecule has 2 heterocycles. The largest absolute Gasteiger partial charge is 0.456 e. The van der Waals surface area contributed by atoms with Gasteiger partial charge < -0.3 is 9.53 Å². The number of amides is 1. The lowest BCUT2D eigenvalue weighted by atomic mass is 9.98. The van der Waals surface area contributed by atoms with Gasteiger partial charge in [0.05, 0.1) is 9.96 Å². The molecule has 0 spiro atoms. The van der Waals surface area contributed by atoms with Crippen LogP contribution in [0.1, 0.15) is 5.56 Å². The Hall–Kier alpha value is -2.39. The monoisotopic (exact) mass is 382 g/mol. The van der Waals surface area contributed by atoms with E-state index in [1.54, 1.807) is 0 Å². The van der Waals surface area contributed by atoms with Crippen molar-refractivity contribution in [2.45, 2.75) is 12.0 Å². The van der Waals surface area contributed by atoms with Crippen molar-refractivity contribution < 1.29 is 24.0 Å². The molecule has 0 saturated carbocycles. The van der Waals surface area contributed by atoms with E-state index in [1.165, 1.54) is 40.9 Å². The Morgan fingerprint density at radius 2 is 2.12 bits per heavy atom. The van der Waals surface area contributed by atoms with Crippen LogP contribution in [0.3, 0.4) is 0 Å². The second-order valence-electron chi connectivity index (χ2n) is 5.32. The van der Waals surface area contributed by atoms with Crippen molar-refractivity contribution in [3.05, 3.63) is 50.7 Å². The minimum absolute atomic E-state index is 0.0459. The van der Waals surface area contributed by atoms with Crippen molar-refractivity contribution in [2.75, 3.05) is 5.75 Å². The number of nitrogens with zero attached hydrogens (tertiary/aromatic N) is 2. The zero-order valence-corrected chi connectivity index (χ0v) is 14.2. The van der Waals surface area contributed by atoms with Gasteiger partial charge in [-0.1, -0.05) is 11.6 Å². The van der Waals surface area contributed by atoms with Crippen LogP contribution in [0.25, 0.3) is 0 Å². The van der Waals surface area contributed by atoms with E-state index in [1.807, 2.05) is 0 Å². The number of fused-ring (bicyclic) bond motifs is 1. The average Bonchev–Trinajstić information content (AvgIpc) is 2.60. The first kappa shape index (κ1) is 17.4. The van der Waals surface area contributed by atoms with E-state index in [4.69, 9.17) is 16.3 Å². The van der Waals surface area contributed by atoms with E-state index >= 15 is 0 Å². The fraction of sp³-hybridized carbons (Fsp3) is 0.267. The van der Waals surface area contributed by atoms with Gasteiger partial charge in [0.2, 0.25) is 5.91 Å². The number of carbonyl (C=O) groups excluding carboxylic acids is 3. The average molecular weight is 383 g/mol. The third-order valence-corrected chi connectivity index (χ3v) is 5.59. The highest BCUT2D eigenvalue weighted by Crippen LogP contribution is 2.44. The minimum atomic E-state index is -0.772. The Morgan fingerprint density at radius 1 is 1.44 bits per heavy atom. The van der Waals surface area contributed by atoms with Gasteiger partial charge in [-0.2, -0.15) is 0 Å². The van der Waals surface area contributed by atoms with Gasteiger partial charge in [0.15, 0.2) is 0 Å². The van der Waals surface area contributed by atoms with Crippen molar-refractivity contribution >= 4 is 47.2 Å². The zero-order valence-electron chi connectivity index (χ0n) is 12.6. The molecule has 3 rings (SSSR count). The van der Waals surface area contributed by atoms with Crippen molar-refractivity contribution in [1.82, 2.24) is 4.90 Å². The fourth-order valence-corrected chi connectivity index (χ4v) is 4.08. The van der Waals surface area contributed by atoms with Gasteiger partial charge in [0, 0.05) is 17.9 Å². The number of hydrogen-bond donors (Lipinski definition) is 0. The molecule has 0 N–H and O–H groups in total. The molecule has 25 heavy (non-hydrogen) atoms. The topological polar surface area (TPSA) is 107 Å². The molecule has 2 atom stereocenters. The molecule has 0 unspecified atom stereocenters. The molecule has 130 valence electrons. The standard InChI is InChI=1S/C15H11ClN2O6S/c16-11-7-25-14-10(5-19)13(20)17(14)12(11)15(21)24-6-8-1-3-9(4-2-8)18(22)23/h1-5,10,14H,6-7H2/t10-,14-/m1/s1. The number of nitro benzene ring substituents is 1. The molecular formula is C15H11ClN2O6S. The molecule has 0 radical (unpaired) electrons. The van der Waals surface area contributed by atoms with Crippen LogP contribution < -0.4 is 0 Å². The number of rotatable bonds is 5. The quantitative estimate of drug-likeness (QED) is 0.191. The number of non-ortho nitro benzene ring substituents is 1. The highest BCUT2D eigenvalue weighted by Gasteiger charge is 2.53. The van der Waals surface area contributed by atoms with Crippen molar-refractivity contribution in [1.29, 1.82) is 0 Å². The van der Waals surface area contributed by atoms with Crippen LogP contribution in [0.15, 0.2) is 35.0 Å². The number of β-lactam (4-membered cyclic amide) rings is 1. The Labute approximate surface area is 150 Å². The van der Waals surface area contributed by atoms with Gasteiger partial charge in [-0.15, -0.1) is 11.8 Å². The Kier molecular flexibility index (Phi) is 4.78. The lowest BCUT2D eigenvalue weighted by Crippen LogP contribution is -2.61. The van der Waals surface area contributed by atoms with E-state index < -0.39 is 28.1 Å². The minimum Gasteiger partial charge on any atom is -0.456 e. The number of carbonyl (C=O) groups is 3. The highest BCUT2D eigenvalue weighted by atomic mass is 35.5. The Bertz CT molecular complexity index is 794. The summed E-state index contributed by atoms with van der Waals surface area (Å²) < 4.78 is 5.17. The summed E-state index contributed by atoms with van der Waals surface area (Å²) in [6, 6.07) is 5.54. The van der Waals surface area contributed by atoms with Crippen LogP contribution in [-0.4, -0.2) is 39.1 Å². The lowest BCUT2D eigenvalue weighted by molar-refractivity contribution is -0.384. The van der Waals surface area contributed by atoms with Crippen LogP contribution in [-0.2, 0) is 25.7 Å². The lowest BCUT2D eigenvalue weighted by Gasteiger charge is -2.47. The number of hydrogen-bond acceptors (Lipinski definition) is 7. The molecule has 1 fully saturated rings. The maximum atomic E-state index is 12.3. The van der Waals surface area contributed by atoms with Gasteiger partial charge in [-0.3, -0.25) is 19.8 Å². The first-order chi connectivity index (χ1) is 11.9. The maximum absolute atomic E-state index is 12.3. The highest BCUT2D eigenvalue weighted by molar-refractivity contribution is 8.00. The van der Waals surface area contributed by atoms with Crippen LogP contribution in [0.5, 0.6) is 0 Å². The van der Waals surface area contributed by atoms with E-state index in [-0.39, 0.29) is 23.0 Å². The normalized spacial score (nSPS) is 22.1. The summed E-state index contributed by atoms with van der Waals surface area (Å²) in [6.07, 6.45) is 0.565. The van der Waals surface area contributed by atoms with Crippen molar-refractivity contribution in [3.8, 4) is 0 Å². The number of thioether (sulfide) groups is 1. The second kappa shape index (κ2) is 6.85. The van der Waals surface area contributed by atoms with Crippen LogP contribution in [0.4, 0.5) is 5.69 Å². The summed E-state index contributed by atoms with van der Waals surface area (Å²) in [7, 11) is 0. The van der Waals surface area contributed by atoms with Crippen LogP contribution in [0, 0.1) is 16.0 Å². The summed E-state index contributed by atoms with van der Waals surface area (Å²) in [5.41, 5.74) is 0.438.